The summed E-state index contributed by atoms with van der Waals surface area (Å²) in [5.41, 5.74) is 2.59. The van der Waals surface area contributed by atoms with Gasteiger partial charge in [-0.05, 0) is 11.6 Å². The van der Waals surface area contributed by atoms with E-state index in [1.165, 1.54) is 6.07 Å². The molecule has 0 aliphatic carbocycles. The fourth-order valence-electron chi connectivity index (χ4n) is 2.13. The number of nitrogens with one attached hydrogen (secondary N) is 1. The first-order chi connectivity index (χ1) is 10.2. The molecule has 0 fully saturated rings. The van der Waals surface area contributed by atoms with Crippen LogP contribution in [0.5, 0.6) is 0 Å². The molecule has 21 heavy (non-hydrogen) atoms. The lowest BCUT2D eigenvalue weighted by Gasteiger charge is -2.08. The number of hydrogen-bond acceptors (Lipinski definition) is 5. The predicted molar refractivity (Wildman–Crippen MR) is 80.0 cm³/mol. The zero-order valence-electron chi connectivity index (χ0n) is 11.1. The van der Waals surface area contributed by atoms with E-state index in [0.717, 1.165) is 22.2 Å². The van der Waals surface area contributed by atoms with Crippen molar-refractivity contribution in [3.63, 3.8) is 0 Å². The molecule has 1 N–H and O–H groups in total. The molecule has 3 rings (SSSR count). The van der Waals surface area contributed by atoms with Gasteiger partial charge in [0.2, 0.25) is 0 Å². The molecule has 0 radical (unpaired) electrons. The molecule has 0 atom stereocenters. The summed E-state index contributed by atoms with van der Waals surface area (Å²) in [6.45, 7) is 0.483. The van der Waals surface area contributed by atoms with Crippen LogP contribution in [0.4, 0.5) is 11.4 Å². The molecule has 0 saturated heterocycles. The van der Waals surface area contributed by atoms with Crippen molar-refractivity contribution >= 4 is 22.3 Å². The Kier molecular flexibility index (Phi) is 3.42. The van der Waals surface area contributed by atoms with Crippen molar-refractivity contribution < 1.29 is 4.92 Å². The molecule has 104 valence electrons. The first-order valence-electron chi connectivity index (χ1n) is 6.42. The van der Waals surface area contributed by atoms with Crippen LogP contribution in [0.15, 0.2) is 54.7 Å². The highest BCUT2D eigenvalue weighted by atomic mass is 16.6. The Morgan fingerprint density at radius 2 is 2.00 bits per heavy atom. The van der Waals surface area contributed by atoms with Gasteiger partial charge in [0.25, 0.3) is 5.69 Å². The van der Waals surface area contributed by atoms with Crippen molar-refractivity contribution in [2.45, 2.75) is 6.54 Å². The second kappa shape index (κ2) is 5.54. The second-order valence-corrected chi connectivity index (χ2v) is 4.56. The summed E-state index contributed by atoms with van der Waals surface area (Å²) in [4.78, 5) is 10.4. The van der Waals surface area contributed by atoms with Crippen LogP contribution >= 0.6 is 0 Å². The highest BCUT2D eigenvalue weighted by molar-refractivity contribution is 5.90. The first kappa shape index (κ1) is 13.0. The molecule has 0 bridgehead atoms. The summed E-state index contributed by atoms with van der Waals surface area (Å²) in [6.07, 6.45) is 1.65. The smallest absolute Gasteiger partial charge is 0.269 e. The van der Waals surface area contributed by atoms with E-state index in [1.54, 1.807) is 18.3 Å². The fraction of sp³-hybridized carbons (Fsp3) is 0.0667. The van der Waals surface area contributed by atoms with Gasteiger partial charge in [-0.2, -0.15) is 10.2 Å². The largest absolute Gasteiger partial charge is 0.379 e. The van der Waals surface area contributed by atoms with Gasteiger partial charge in [0, 0.05) is 24.1 Å². The highest BCUT2D eigenvalue weighted by Gasteiger charge is 2.06. The van der Waals surface area contributed by atoms with Crippen LogP contribution < -0.4 is 5.32 Å². The van der Waals surface area contributed by atoms with Crippen molar-refractivity contribution in [3.05, 3.63) is 70.4 Å². The molecule has 0 aliphatic heterocycles. The number of fused-ring (bicyclic) bond motifs is 1. The summed E-state index contributed by atoms with van der Waals surface area (Å²) < 4.78 is 0. The molecule has 0 aliphatic rings. The monoisotopic (exact) mass is 280 g/mol. The summed E-state index contributed by atoms with van der Waals surface area (Å²) in [5.74, 6) is 0. The van der Waals surface area contributed by atoms with E-state index in [1.807, 2.05) is 30.3 Å². The number of aromatic nitrogens is 2. The topological polar surface area (TPSA) is 81.0 Å². The summed E-state index contributed by atoms with van der Waals surface area (Å²) in [6, 6.07) is 14.2. The van der Waals surface area contributed by atoms with Crippen molar-refractivity contribution in [2.75, 3.05) is 5.32 Å². The Hall–Kier alpha value is -3.02. The molecule has 1 aromatic heterocycles. The highest BCUT2D eigenvalue weighted by Crippen LogP contribution is 2.21. The number of benzene rings is 2. The van der Waals surface area contributed by atoms with Crippen molar-refractivity contribution in [2.24, 2.45) is 0 Å². The minimum atomic E-state index is -0.396. The lowest BCUT2D eigenvalue weighted by molar-refractivity contribution is -0.384. The maximum Gasteiger partial charge on any atom is 0.269 e. The van der Waals surface area contributed by atoms with E-state index < -0.39 is 4.92 Å². The van der Waals surface area contributed by atoms with E-state index in [4.69, 9.17) is 0 Å². The Morgan fingerprint density at radius 3 is 2.86 bits per heavy atom. The Balaban J connectivity index is 1.84. The Labute approximate surface area is 120 Å². The van der Waals surface area contributed by atoms with Crippen LogP contribution in [-0.4, -0.2) is 15.1 Å². The fourth-order valence-corrected chi connectivity index (χ4v) is 2.13. The van der Waals surface area contributed by atoms with E-state index in [9.17, 15) is 10.1 Å². The molecule has 1 heterocycles. The molecule has 0 saturated carbocycles. The minimum Gasteiger partial charge on any atom is -0.379 e. The number of nitro benzene ring substituents is 1. The lowest BCUT2D eigenvalue weighted by Crippen LogP contribution is -2.02. The van der Waals surface area contributed by atoms with Crippen molar-refractivity contribution in [1.29, 1.82) is 0 Å². The third-order valence-electron chi connectivity index (χ3n) is 3.15. The molecule has 0 unspecified atom stereocenters. The van der Waals surface area contributed by atoms with Gasteiger partial charge in [-0.1, -0.05) is 30.3 Å². The Morgan fingerprint density at radius 1 is 1.14 bits per heavy atom. The normalized spacial score (nSPS) is 10.5. The molecule has 0 spiro atoms. The number of nitro groups is 1. The maximum absolute atomic E-state index is 10.8. The van der Waals surface area contributed by atoms with Gasteiger partial charge in [0.05, 0.1) is 22.3 Å². The van der Waals surface area contributed by atoms with Crippen LogP contribution in [0, 0.1) is 10.1 Å². The van der Waals surface area contributed by atoms with E-state index >= 15 is 0 Å². The average molecular weight is 280 g/mol. The molecule has 0 amide bonds. The van der Waals surface area contributed by atoms with Crippen LogP contribution in [0.3, 0.4) is 0 Å². The average Bonchev–Trinajstić information content (AvgIpc) is 2.53. The quantitative estimate of drug-likeness (QED) is 0.586. The number of non-ortho nitro benzene ring substituents is 1. The van der Waals surface area contributed by atoms with Crippen LogP contribution in [0.1, 0.15) is 5.56 Å². The van der Waals surface area contributed by atoms with Gasteiger partial charge < -0.3 is 5.32 Å². The van der Waals surface area contributed by atoms with Gasteiger partial charge in [0.1, 0.15) is 0 Å². The molecular weight excluding hydrogens is 268 g/mol. The molecule has 2 aromatic carbocycles. The van der Waals surface area contributed by atoms with Crippen LogP contribution in [0.2, 0.25) is 0 Å². The van der Waals surface area contributed by atoms with E-state index in [-0.39, 0.29) is 5.69 Å². The summed E-state index contributed by atoms with van der Waals surface area (Å²) in [7, 11) is 0. The Bertz CT molecular complexity index is 799. The summed E-state index contributed by atoms with van der Waals surface area (Å²) in [5, 5.41) is 23.0. The minimum absolute atomic E-state index is 0.0898. The second-order valence-electron chi connectivity index (χ2n) is 4.56. The number of nitrogens with zero attached hydrogens (tertiary/aromatic N) is 3. The summed E-state index contributed by atoms with van der Waals surface area (Å²) >= 11 is 0. The standard InChI is InChI=1S/C15H12N4O2/c20-19(21)12-5-3-4-11(8-12)9-16-15-10-17-18-14-7-2-1-6-13(14)15/h1-8,10H,9H2,(H,16,18). The maximum atomic E-state index is 10.8. The predicted octanol–water partition coefficient (Wildman–Crippen LogP) is 3.15. The van der Waals surface area contributed by atoms with E-state index in [0.29, 0.717) is 6.54 Å². The van der Waals surface area contributed by atoms with E-state index in [2.05, 4.69) is 15.5 Å². The third kappa shape index (κ3) is 2.79. The van der Waals surface area contributed by atoms with Gasteiger partial charge in [-0.25, -0.2) is 0 Å². The number of anilines is 1. The zero-order chi connectivity index (χ0) is 14.7. The molecule has 6 nitrogen and oxygen atoms in total. The van der Waals surface area contributed by atoms with Crippen LogP contribution in [-0.2, 0) is 6.54 Å². The molecule has 3 aromatic rings. The van der Waals surface area contributed by atoms with Gasteiger partial charge >= 0.3 is 0 Å². The molecular formula is C15H12N4O2. The number of hydrogen-bond donors (Lipinski definition) is 1. The van der Waals surface area contributed by atoms with Crippen molar-refractivity contribution in [1.82, 2.24) is 10.2 Å². The zero-order valence-corrected chi connectivity index (χ0v) is 11.1. The van der Waals surface area contributed by atoms with Gasteiger partial charge in [-0.3, -0.25) is 10.1 Å². The molecule has 6 heteroatoms. The first-order valence-corrected chi connectivity index (χ1v) is 6.42. The lowest BCUT2D eigenvalue weighted by atomic mass is 10.2. The van der Waals surface area contributed by atoms with Crippen molar-refractivity contribution in [3.8, 4) is 0 Å². The third-order valence-corrected chi connectivity index (χ3v) is 3.15. The van der Waals surface area contributed by atoms with Gasteiger partial charge in [-0.15, -0.1) is 0 Å². The number of rotatable bonds is 4. The van der Waals surface area contributed by atoms with Crippen LogP contribution in [0.25, 0.3) is 10.9 Å². The van der Waals surface area contributed by atoms with Gasteiger partial charge in [0.15, 0.2) is 0 Å². The SMILES string of the molecule is O=[N+]([O-])c1cccc(CNc2cnnc3ccccc23)c1.